The number of halogens is 2. The molecule has 3 aromatic rings. The number of aromatic nitrogens is 2. The van der Waals surface area contributed by atoms with Gasteiger partial charge in [0.2, 0.25) is 0 Å². The number of nitrogens with zero attached hydrogens (tertiary/aromatic N) is 2. The van der Waals surface area contributed by atoms with Crippen molar-refractivity contribution in [3.8, 4) is 5.69 Å². The van der Waals surface area contributed by atoms with Crippen LogP contribution in [0.1, 0.15) is 66.7 Å². The fourth-order valence-electron chi connectivity index (χ4n) is 5.82. The Bertz CT molecular complexity index is 1330. The first kappa shape index (κ1) is 24.4. The zero-order valence-corrected chi connectivity index (χ0v) is 20.7. The zero-order valence-electron chi connectivity index (χ0n) is 20.7. The summed E-state index contributed by atoms with van der Waals surface area (Å²) < 4.78 is 29.9. The highest BCUT2D eigenvalue weighted by atomic mass is 19.1. The van der Waals surface area contributed by atoms with E-state index in [4.69, 9.17) is 0 Å². The van der Waals surface area contributed by atoms with Crippen LogP contribution >= 0.6 is 0 Å². The lowest BCUT2D eigenvalue weighted by atomic mass is 9.65. The van der Waals surface area contributed by atoms with Crippen molar-refractivity contribution in [2.24, 2.45) is 5.41 Å². The van der Waals surface area contributed by atoms with Gasteiger partial charge >= 0.3 is 0 Å². The second-order valence-electron chi connectivity index (χ2n) is 10.2. The molecule has 1 heterocycles. The predicted molar refractivity (Wildman–Crippen MR) is 135 cm³/mol. The van der Waals surface area contributed by atoms with Crippen LogP contribution in [0.25, 0.3) is 11.8 Å². The number of benzene rings is 2. The zero-order chi connectivity index (χ0) is 25.5. The van der Waals surface area contributed by atoms with Crippen LogP contribution in [0.4, 0.5) is 8.78 Å². The summed E-state index contributed by atoms with van der Waals surface area (Å²) in [4.78, 5) is 12.6. The van der Waals surface area contributed by atoms with Gasteiger partial charge < -0.3 is 10.4 Å². The summed E-state index contributed by atoms with van der Waals surface area (Å²) >= 11 is 0. The molecule has 1 amide bonds. The quantitative estimate of drug-likeness (QED) is 0.466. The minimum atomic E-state index is -1.00. The van der Waals surface area contributed by atoms with E-state index in [0.717, 1.165) is 35.4 Å². The van der Waals surface area contributed by atoms with E-state index in [1.807, 2.05) is 17.8 Å². The maximum absolute atomic E-state index is 14.6. The Morgan fingerprint density at radius 1 is 1.19 bits per heavy atom. The van der Waals surface area contributed by atoms with Gasteiger partial charge in [0.05, 0.1) is 28.7 Å². The number of rotatable bonds is 7. The summed E-state index contributed by atoms with van der Waals surface area (Å²) in [5.74, 6) is -1.25. The van der Waals surface area contributed by atoms with Crippen LogP contribution in [-0.4, -0.2) is 32.9 Å². The molecule has 0 spiro atoms. The van der Waals surface area contributed by atoms with Crippen molar-refractivity contribution < 1.29 is 18.7 Å². The molecule has 2 aliphatic carbocycles. The maximum atomic E-state index is 14.6. The Hall–Kier alpha value is -3.32. The number of hydrogen-bond acceptors (Lipinski definition) is 3. The van der Waals surface area contributed by atoms with Crippen molar-refractivity contribution in [2.75, 3.05) is 6.54 Å². The smallest absolute Gasteiger partial charge is 0.254 e. The van der Waals surface area contributed by atoms with Crippen molar-refractivity contribution in [3.63, 3.8) is 0 Å². The monoisotopic (exact) mass is 491 g/mol. The fraction of sp³-hybridized carbons (Fsp3) is 0.379. The summed E-state index contributed by atoms with van der Waals surface area (Å²) in [5, 5.41) is 19.2. The summed E-state index contributed by atoms with van der Waals surface area (Å²) in [6.45, 7) is 4.52. The van der Waals surface area contributed by atoms with Gasteiger partial charge in [0.15, 0.2) is 0 Å². The van der Waals surface area contributed by atoms with E-state index in [1.54, 1.807) is 24.3 Å². The Morgan fingerprint density at radius 3 is 2.72 bits per heavy atom. The third kappa shape index (κ3) is 4.05. The van der Waals surface area contributed by atoms with Gasteiger partial charge in [-0.05, 0) is 86.1 Å². The first-order valence-corrected chi connectivity index (χ1v) is 12.6. The van der Waals surface area contributed by atoms with Crippen LogP contribution in [0.3, 0.4) is 0 Å². The molecule has 1 fully saturated rings. The Labute approximate surface area is 209 Å². The van der Waals surface area contributed by atoms with Crippen LogP contribution in [0, 0.1) is 17.0 Å². The molecule has 7 heteroatoms. The third-order valence-corrected chi connectivity index (χ3v) is 8.03. The molecule has 1 saturated carbocycles. The van der Waals surface area contributed by atoms with Crippen LogP contribution in [0.5, 0.6) is 0 Å². The number of aliphatic hydroxyl groups is 1. The molecular weight excluding hydrogens is 460 g/mol. The first-order valence-electron chi connectivity index (χ1n) is 12.6. The van der Waals surface area contributed by atoms with Gasteiger partial charge in [0.25, 0.3) is 5.91 Å². The molecule has 0 radical (unpaired) electrons. The molecule has 2 N–H and O–H groups in total. The summed E-state index contributed by atoms with van der Waals surface area (Å²) in [7, 11) is 0. The predicted octanol–water partition coefficient (Wildman–Crippen LogP) is 5.39. The largest absolute Gasteiger partial charge is 0.389 e. The second kappa shape index (κ2) is 9.28. The lowest BCUT2D eigenvalue weighted by Gasteiger charge is -2.42. The number of nitrogens with one attached hydrogen (secondary N) is 1. The van der Waals surface area contributed by atoms with Crippen LogP contribution in [-0.2, 0) is 12.8 Å². The minimum Gasteiger partial charge on any atom is -0.389 e. The number of hydrogen-bond donors (Lipinski definition) is 2. The minimum absolute atomic E-state index is 0.0694. The molecule has 2 atom stereocenters. The van der Waals surface area contributed by atoms with E-state index in [0.29, 0.717) is 37.8 Å². The van der Waals surface area contributed by atoms with E-state index < -0.39 is 22.7 Å². The third-order valence-electron chi connectivity index (χ3n) is 8.03. The van der Waals surface area contributed by atoms with Crippen LogP contribution < -0.4 is 5.32 Å². The molecule has 36 heavy (non-hydrogen) atoms. The van der Waals surface area contributed by atoms with E-state index in [1.165, 1.54) is 18.2 Å². The molecule has 5 nitrogen and oxygen atoms in total. The normalized spacial score (nSPS) is 22.6. The topological polar surface area (TPSA) is 67.2 Å². The van der Waals surface area contributed by atoms with Crippen LogP contribution in [0.2, 0.25) is 0 Å². The van der Waals surface area contributed by atoms with Crippen molar-refractivity contribution in [3.05, 3.63) is 88.3 Å². The second-order valence-corrected chi connectivity index (χ2v) is 10.2. The Balaban J connectivity index is 1.40. The van der Waals surface area contributed by atoms with Gasteiger partial charge in [-0.25, -0.2) is 13.5 Å². The van der Waals surface area contributed by atoms with Crippen molar-refractivity contribution in [2.45, 2.75) is 58.0 Å². The number of fused-ring (bicyclic) bond motifs is 2. The first-order chi connectivity index (χ1) is 17.3. The van der Waals surface area contributed by atoms with Gasteiger partial charge in [-0.15, -0.1) is 0 Å². The lowest BCUT2D eigenvalue weighted by molar-refractivity contribution is -0.0462. The SMILES string of the molecule is CCCNC(=O)c1c(F)cccc1CC[C@]1(O)CCC2=Cc3c(cnn3-c3ccc(F)cc3)C[C@@]21C. The lowest BCUT2D eigenvalue weighted by Crippen LogP contribution is -2.45. The number of aryl methyl sites for hydroxylation is 1. The highest BCUT2D eigenvalue weighted by Gasteiger charge is 2.54. The standard InChI is InChI=1S/C29H31F2N3O2/c1-3-15-32-27(35)26-19(5-4-6-24(26)31)11-13-29(36)14-12-21-16-25-20(17-28(21,29)2)18-33-34(25)23-9-7-22(30)8-10-23/h4-10,16,18,36H,3,11-15,17H2,1-2H3,(H,32,35)/t28-,29-/m0/s1. The summed E-state index contributed by atoms with van der Waals surface area (Å²) in [6, 6.07) is 10.9. The van der Waals surface area contributed by atoms with Gasteiger partial charge in [-0.3, -0.25) is 4.79 Å². The number of carbonyl (C=O) groups excluding carboxylic acids is 1. The molecule has 5 rings (SSSR count). The Kier molecular flexibility index (Phi) is 6.29. The molecule has 0 bridgehead atoms. The molecule has 0 saturated heterocycles. The van der Waals surface area contributed by atoms with E-state index >= 15 is 0 Å². The molecule has 1 aromatic heterocycles. The van der Waals surface area contributed by atoms with Crippen molar-refractivity contribution in [1.82, 2.24) is 15.1 Å². The molecule has 0 unspecified atom stereocenters. The summed E-state index contributed by atoms with van der Waals surface area (Å²) in [5.41, 5.74) is 3.10. The molecule has 188 valence electrons. The Morgan fingerprint density at radius 2 is 1.97 bits per heavy atom. The number of amides is 1. The van der Waals surface area contributed by atoms with Gasteiger partial charge in [-0.1, -0.05) is 31.6 Å². The van der Waals surface area contributed by atoms with Crippen molar-refractivity contribution >= 4 is 12.0 Å². The van der Waals surface area contributed by atoms with E-state index in [2.05, 4.69) is 23.4 Å². The average molecular weight is 492 g/mol. The number of carbonyl (C=O) groups is 1. The van der Waals surface area contributed by atoms with E-state index in [-0.39, 0.29) is 11.4 Å². The summed E-state index contributed by atoms with van der Waals surface area (Å²) in [6.07, 6.45) is 7.47. The molecule has 0 aliphatic heterocycles. The van der Waals surface area contributed by atoms with Gasteiger partial charge in [0.1, 0.15) is 11.6 Å². The molecule has 2 aromatic carbocycles. The molecule has 2 aliphatic rings. The average Bonchev–Trinajstić information content (AvgIpc) is 3.38. The van der Waals surface area contributed by atoms with Crippen LogP contribution in [0.15, 0.2) is 54.2 Å². The van der Waals surface area contributed by atoms with Gasteiger partial charge in [0, 0.05) is 12.0 Å². The highest BCUT2D eigenvalue weighted by Crippen LogP contribution is 2.56. The van der Waals surface area contributed by atoms with Gasteiger partial charge in [-0.2, -0.15) is 5.10 Å². The fourth-order valence-corrected chi connectivity index (χ4v) is 5.82. The maximum Gasteiger partial charge on any atom is 0.254 e. The van der Waals surface area contributed by atoms with E-state index in [9.17, 15) is 18.7 Å². The van der Waals surface area contributed by atoms with Crippen molar-refractivity contribution in [1.29, 1.82) is 0 Å². The highest BCUT2D eigenvalue weighted by molar-refractivity contribution is 5.96. The molecular formula is C29H31F2N3O2.